The monoisotopic (exact) mass is 361 g/mol. The molecule has 0 saturated carbocycles. The topological polar surface area (TPSA) is 51.3 Å². The molecule has 6 nitrogen and oxygen atoms in total. The van der Waals surface area contributed by atoms with E-state index in [0.29, 0.717) is 5.69 Å². The number of nitrogens with one attached hydrogen (secondary N) is 1. The van der Waals surface area contributed by atoms with Crippen LogP contribution in [0.4, 0.5) is 10.1 Å². The Morgan fingerprint density at radius 3 is 2.50 bits per heavy atom. The number of tetrazole rings is 1. The summed E-state index contributed by atoms with van der Waals surface area (Å²) in [5, 5.41) is 12.6. The fourth-order valence-electron chi connectivity index (χ4n) is 3.79. The molecule has 0 unspecified atom stereocenters. The van der Waals surface area contributed by atoms with Crippen LogP contribution in [0.25, 0.3) is 0 Å². The average molecular weight is 361 g/mol. The van der Waals surface area contributed by atoms with Gasteiger partial charge in [0.25, 0.3) is 0 Å². The summed E-state index contributed by atoms with van der Waals surface area (Å²) in [7, 11) is 0. The maximum Gasteiger partial charge on any atom is 0.209 e. The molecule has 0 bridgehead atoms. The number of hydrogen-bond acceptors (Lipinski definition) is 4. The lowest BCUT2D eigenvalue weighted by Crippen LogP contribution is -3.15. The lowest BCUT2D eigenvalue weighted by Gasteiger charge is -2.37. The van der Waals surface area contributed by atoms with Gasteiger partial charge in [0.15, 0.2) is 0 Å². The van der Waals surface area contributed by atoms with Crippen molar-refractivity contribution in [2.75, 3.05) is 31.1 Å². The van der Waals surface area contributed by atoms with E-state index in [-0.39, 0.29) is 17.4 Å². The fourth-order valence-corrected chi connectivity index (χ4v) is 3.79. The largest absolute Gasteiger partial charge is 0.358 e. The second-order valence-corrected chi connectivity index (χ2v) is 8.06. The van der Waals surface area contributed by atoms with E-state index >= 15 is 0 Å². The van der Waals surface area contributed by atoms with E-state index in [4.69, 9.17) is 0 Å². The number of quaternary nitrogens is 1. The minimum Gasteiger partial charge on any atom is -0.358 e. The quantitative estimate of drug-likeness (QED) is 0.883. The second-order valence-electron chi connectivity index (χ2n) is 8.06. The first-order valence-corrected chi connectivity index (χ1v) is 9.54. The fraction of sp³-hybridized carbons (Fsp3) is 0.632. The molecule has 1 saturated heterocycles. The highest BCUT2D eigenvalue weighted by Gasteiger charge is 2.34. The van der Waals surface area contributed by atoms with Gasteiger partial charge in [-0.2, -0.15) is 0 Å². The standard InChI is InChI=1S/C19H29FN6/c1-5-8-17(18-21-22-23-26(18)19(2,3)4)25-13-11-24(12-14-25)16-10-7-6-9-15(16)20/h6-7,9-10,17H,5,8,11-14H2,1-4H3/p+1/t17-/m1/s1. The molecule has 1 aromatic carbocycles. The molecule has 1 atom stereocenters. The summed E-state index contributed by atoms with van der Waals surface area (Å²) in [6.45, 7) is 12.2. The highest BCUT2D eigenvalue weighted by atomic mass is 19.1. The third kappa shape index (κ3) is 3.87. The number of piperazine rings is 1. The number of aromatic nitrogens is 4. The lowest BCUT2D eigenvalue weighted by molar-refractivity contribution is -0.933. The van der Waals surface area contributed by atoms with Crippen molar-refractivity contribution in [1.82, 2.24) is 20.2 Å². The molecule has 1 fully saturated rings. The van der Waals surface area contributed by atoms with Gasteiger partial charge in [-0.3, -0.25) is 0 Å². The summed E-state index contributed by atoms with van der Waals surface area (Å²) in [4.78, 5) is 3.63. The molecule has 1 aliphatic heterocycles. The molecule has 26 heavy (non-hydrogen) atoms. The van der Waals surface area contributed by atoms with Gasteiger partial charge in [0.05, 0.1) is 37.4 Å². The Bertz CT molecular complexity index is 715. The van der Waals surface area contributed by atoms with Gasteiger partial charge in [0.2, 0.25) is 5.82 Å². The van der Waals surface area contributed by atoms with Gasteiger partial charge in [0.1, 0.15) is 11.9 Å². The van der Waals surface area contributed by atoms with Gasteiger partial charge in [-0.1, -0.05) is 25.5 Å². The van der Waals surface area contributed by atoms with Crippen LogP contribution >= 0.6 is 0 Å². The number of nitrogens with zero attached hydrogens (tertiary/aromatic N) is 5. The van der Waals surface area contributed by atoms with Crippen molar-refractivity contribution in [2.24, 2.45) is 0 Å². The van der Waals surface area contributed by atoms with Gasteiger partial charge in [-0.15, -0.1) is 5.10 Å². The van der Waals surface area contributed by atoms with Crippen molar-refractivity contribution in [3.8, 4) is 0 Å². The maximum atomic E-state index is 14.1. The molecule has 0 radical (unpaired) electrons. The molecule has 1 aliphatic rings. The molecule has 2 aromatic rings. The predicted molar refractivity (Wildman–Crippen MR) is 99.8 cm³/mol. The molecule has 0 aliphatic carbocycles. The molecule has 0 amide bonds. The zero-order valence-electron chi connectivity index (χ0n) is 16.2. The summed E-state index contributed by atoms with van der Waals surface area (Å²) < 4.78 is 16.0. The smallest absolute Gasteiger partial charge is 0.209 e. The lowest BCUT2D eigenvalue weighted by atomic mass is 10.0. The molecule has 3 rings (SSSR count). The summed E-state index contributed by atoms with van der Waals surface area (Å²) >= 11 is 0. The highest BCUT2D eigenvalue weighted by Crippen LogP contribution is 2.21. The van der Waals surface area contributed by atoms with Gasteiger partial charge in [-0.05, 0) is 43.3 Å². The Labute approximate surface area is 155 Å². The Balaban J connectivity index is 1.76. The van der Waals surface area contributed by atoms with Gasteiger partial charge < -0.3 is 9.80 Å². The van der Waals surface area contributed by atoms with Crippen LogP contribution in [0.3, 0.4) is 0 Å². The van der Waals surface area contributed by atoms with Crippen LogP contribution in [0, 0.1) is 5.82 Å². The third-order valence-electron chi connectivity index (χ3n) is 5.11. The zero-order chi connectivity index (χ0) is 18.7. The Morgan fingerprint density at radius 1 is 1.19 bits per heavy atom. The zero-order valence-corrected chi connectivity index (χ0v) is 16.2. The van der Waals surface area contributed by atoms with Crippen LogP contribution in [0.1, 0.15) is 52.4 Å². The Morgan fingerprint density at radius 2 is 1.88 bits per heavy atom. The Hall–Kier alpha value is -2.02. The first-order chi connectivity index (χ1) is 12.4. The number of halogens is 1. The van der Waals surface area contributed by atoms with E-state index in [2.05, 4.69) is 48.1 Å². The van der Waals surface area contributed by atoms with Crippen molar-refractivity contribution in [3.05, 3.63) is 35.9 Å². The Kier molecular flexibility index (Phi) is 5.55. The van der Waals surface area contributed by atoms with Gasteiger partial charge in [0, 0.05) is 6.42 Å². The van der Waals surface area contributed by atoms with Crippen molar-refractivity contribution < 1.29 is 9.29 Å². The van der Waals surface area contributed by atoms with Gasteiger partial charge >= 0.3 is 0 Å². The summed E-state index contributed by atoms with van der Waals surface area (Å²) in [5.41, 5.74) is 0.567. The van der Waals surface area contributed by atoms with Crippen molar-refractivity contribution in [1.29, 1.82) is 0 Å². The van der Waals surface area contributed by atoms with Crippen molar-refractivity contribution in [2.45, 2.75) is 52.1 Å². The van der Waals surface area contributed by atoms with E-state index in [0.717, 1.165) is 44.8 Å². The summed E-state index contributed by atoms with van der Waals surface area (Å²) in [5.74, 6) is 0.825. The van der Waals surface area contributed by atoms with Crippen molar-refractivity contribution >= 4 is 5.69 Å². The van der Waals surface area contributed by atoms with Crippen LogP contribution in [0.5, 0.6) is 0 Å². The molecule has 142 valence electrons. The third-order valence-corrected chi connectivity index (χ3v) is 5.11. The number of anilines is 1. The maximum absolute atomic E-state index is 14.1. The van der Waals surface area contributed by atoms with Crippen LogP contribution < -0.4 is 9.80 Å². The molecular formula is C19H30FN6+. The van der Waals surface area contributed by atoms with Crippen molar-refractivity contribution in [3.63, 3.8) is 0 Å². The van der Waals surface area contributed by atoms with Crippen LogP contribution in [0.15, 0.2) is 24.3 Å². The minimum absolute atomic E-state index is 0.140. The number of para-hydroxylation sites is 1. The average Bonchev–Trinajstić information content (AvgIpc) is 3.10. The molecule has 2 heterocycles. The first-order valence-electron chi connectivity index (χ1n) is 9.54. The number of rotatable bonds is 5. The van der Waals surface area contributed by atoms with E-state index < -0.39 is 0 Å². The second kappa shape index (κ2) is 7.70. The summed E-state index contributed by atoms with van der Waals surface area (Å²) in [6, 6.07) is 7.31. The van der Waals surface area contributed by atoms with E-state index in [1.54, 1.807) is 6.07 Å². The van der Waals surface area contributed by atoms with Crippen LogP contribution in [-0.4, -0.2) is 46.4 Å². The van der Waals surface area contributed by atoms with Gasteiger partial charge in [-0.25, -0.2) is 9.07 Å². The van der Waals surface area contributed by atoms with Crippen LogP contribution in [0.2, 0.25) is 0 Å². The minimum atomic E-state index is -0.141. The first kappa shape index (κ1) is 18.8. The SMILES string of the molecule is CCC[C@H](c1nnnn1C(C)(C)C)[NH+]1CCN(c2ccccc2F)CC1. The molecular weight excluding hydrogens is 331 g/mol. The summed E-state index contributed by atoms with van der Waals surface area (Å²) in [6.07, 6.45) is 2.13. The molecule has 1 N–H and O–H groups in total. The van der Waals surface area contributed by atoms with E-state index in [1.807, 2.05) is 16.8 Å². The molecule has 7 heteroatoms. The number of hydrogen-bond donors (Lipinski definition) is 1. The molecule has 1 aromatic heterocycles. The van der Waals surface area contributed by atoms with E-state index in [1.165, 1.54) is 11.0 Å². The highest BCUT2D eigenvalue weighted by molar-refractivity contribution is 5.47. The predicted octanol–water partition coefficient (Wildman–Crippen LogP) is 1.81. The number of benzene rings is 1. The van der Waals surface area contributed by atoms with E-state index in [9.17, 15) is 4.39 Å². The molecule has 0 spiro atoms. The normalized spacial score (nSPS) is 17.5. The van der Waals surface area contributed by atoms with Crippen LogP contribution in [-0.2, 0) is 5.54 Å².